The molecular weight excluding hydrogens is 324 g/mol. The number of carbonyl (C=O) groups excluding carboxylic acids is 1. The molecule has 0 saturated carbocycles. The van der Waals surface area contributed by atoms with Gasteiger partial charge in [0, 0.05) is 19.6 Å². The zero-order chi connectivity index (χ0) is 17.3. The molecule has 132 valence electrons. The topological polar surface area (TPSA) is 57.7 Å². The van der Waals surface area contributed by atoms with Gasteiger partial charge >= 0.3 is 0 Å². The first kappa shape index (κ1) is 17.4. The number of nitrogens with zero attached hydrogens (tertiary/aromatic N) is 2. The Morgan fingerprint density at radius 2 is 1.71 bits per heavy atom. The first-order valence-electron chi connectivity index (χ1n) is 8.75. The summed E-state index contributed by atoms with van der Waals surface area (Å²) >= 11 is 0. The Bertz CT molecular complexity index is 679. The van der Waals surface area contributed by atoms with Crippen molar-refractivity contribution in [3.63, 3.8) is 0 Å². The normalized spacial score (nSPS) is 28.9. The van der Waals surface area contributed by atoms with Crippen molar-refractivity contribution in [1.82, 2.24) is 9.21 Å². The molecule has 3 rings (SSSR count). The molecule has 1 aromatic rings. The van der Waals surface area contributed by atoms with Gasteiger partial charge in [0.05, 0.1) is 4.90 Å². The average molecular weight is 350 g/mol. The first-order valence-corrected chi connectivity index (χ1v) is 10.2. The highest BCUT2D eigenvalue weighted by molar-refractivity contribution is 7.89. The second kappa shape index (κ2) is 6.84. The van der Waals surface area contributed by atoms with Gasteiger partial charge in [0.2, 0.25) is 15.9 Å². The molecule has 5 nitrogen and oxygen atoms in total. The van der Waals surface area contributed by atoms with E-state index in [2.05, 4.69) is 13.8 Å². The molecule has 2 aliphatic rings. The van der Waals surface area contributed by atoms with Crippen molar-refractivity contribution in [3.05, 3.63) is 30.3 Å². The van der Waals surface area contributed by atoms with Gasteiger partial charge in [0.1, 0.15) is 6.04 Å². The van der Waals surface area contributed by atoms with E-state index < -0.39 is 16.1 Å². The first-order chi connectivity index (χ1) is 11.4. The van der Waals surface area contributed by atoms with E-state index >= 15 is 0 Å². The molecule has 2 saturated heterocycles. The van der Waals surface area contributed by atoms with Gasteiger partial charge < -0.3 is 4.90 Å². The van der Waals surface area contributed by atoms with Gasteiger partial charge in [-0.1, -0.05) is 32.0 Å². The van der Waals surface area contributed by atoms with Gasteiger partial charge in [-0.05, 0) is 43.2 Å². The van der Waals surface area contributed by atoms with Crippen molar-refractivity contribution >= 4 is 15.9 Å². The van der Waals surface area contributed by atoms with Crippen LogP contribution < -0.4 is 0 Å². The highest BCUT2D eigenvalue weighted by atomic mass is 32.2. The zero-order valence-electron chi connectivity index (χ0n) is 14.4. The number of hydrogen-bond acceptors (Lipinski definition) is 3. The minimum Gasteiger partial charge on any atom is -0.341 e. The highest BCUT2D eigenvalue weighted by Gasteiger charge is 2.42. The Morgan fingerprint density at radius 3 is 2.33 bits per heavy atom. The highest BCUT2D eigenvalue weighted by Crippen LogP contribution is 2.29. The summed E-state index contributed by atoms with van der Waals surface area (Å²) < 4.78 is 27.2. The van der Waals surface area contributed by atoms with Crippen LogP contribution in [0.4, 0.5) is 0 Å². The summed E-state index contributed by atoms with van der Waals surface area (Å²) in [6, 6.07) is 7.87. The predicted molar refractivity (Wildman–Crippen MR) is 92.9 cm³/mol. The van der Waals surface area contributed by atoms with Crippen molar-refractivity contribution in [2.24, 2.45) is 11.8 Å². The third-order valence-electron chi connectivity index (χ3n) is 5.02. The summed E-state index contributed by atoms with van der Waals surface area (Å²) in [5.74, 6) is 0.918. The molecule has 0 N–H and O–H groups in total. The van der Waals surface area contributed by atoms with Gasteiger partial charge in [-0.15, -0.1) is 0 Å². The molecule has 1 amide bonds. The maximum Gasteiger partial charge on any atom is 0.243 e. The number of hydrogen-bond donors (Lipinski definition) is 0. The third kappa shape index (κ3) is 3.35. The van der Waals surface area contributed by atoms with Crippen LogP contribution in [0.5, 0.6) is 0 Å². The number of likely N-dealkylation sites (tertiary alicyclic amines) is 1. The van der Waals surface area contributed by atoms with E-state index in [1.54, 1.807) is 30.3 Å². The van der Waals surface area contributed by atoms with Gasteiger partial charge in [-0.25, -0.2) is 8.42 Å². The third-order valence-corrected chi connectivity index (χ3v) is 6.94. The summed E-state index contributed by atoms with van der Waals surface area (Å²) in [4.78, 5) is 15.1. The van der Waals surface area contributed by atoms with Crippen LogP contribution in [0.2, 0.25) is 0 Å². The maximum absolute atomic E-state index is 13.0. The summed E-state index contributed by atoms with van der Waals surface area (Å²) in [5, 5.41) is 0. The quantitative estimate of drug-likeness (QED) is 0.841. The second-order valence-electron chi connectivity index (χ2n) is 7.28. The summed E-state index contributed by atoms with van der Waals surface area (Å²) in [6.45, 7) is 6.20. The van der Waals surface area contributed by atoms with Crippen LogP contribution in [0.25, 0.3) is 0 Å². The summed E-state index contributed by atoms with van der Waals surface area (Å²) in [5.41, 5.74) is 0. The van der Waals surface area contributed by atoms with Gasteiger partial charge in [-0.2, -0.15) is 4.31 Å². The SMILES string of the molecule is CC1CC(C)CN(C(=O)C2CCCN2S(=O)(=O)c2ccccc2)C1. The molecule has 6 heteroatoms. The van der Waals surface area contributed by atoms with Crippen molar-refractivity contribution in [2.75, 3.05) is 19.6 Å². The molecular formula is C18H26N2O3S. The number of carbonyl (C=O) groups is 1. The molecule has 0 spiro atoms. The fraction of sp³-hybridized carbons (Fsp3) is 0.611. The Hall–Kier alpha value is -1.40. The lowest BCUT2D eigenvalue weighted by atomic mass is 9.91. The van der Waals surface area contributed by atoms with E-state index in [-0.39, 0.29) is 10.8 Å². The van der Waals surface area contributed by atoms with Crippen molar-refractivity contribution < 1.29 is 13.2 Å². The van der Waals surface area contributed by atoms with Crippen LogP contribution in [0.3, 0.4) is 0 Å². The van der Waals surface area contributed by atoms with Crippen LogP contribution in [0.1, 0.15) is 33.1 Å². The molecule has 3 atom stereocenters. The Balaban J connectivity index is 1.82. The molecule has 2 fully saturated rings. The summed E-state index contributed by atoms with van der Waals surface area (Å²) in [6.07, 6.45) is 2.48. The largest absolute Gasteiger partial charge is 0.341 e. The zero-order valence-corrected chi connectivity index (χ0v) is 15.2. The van der Waals surface area contributed by atoms with Crippen molar-refractivity contribution in [1.29, 1.82) is 0 Å². The van der Waals surface area contributed by atoms with Gasteiger partial charge in [0.15, 0.2) is 0 Å². The molecule has 2 aliphatic heterocycles. The lowest BCUT2D eigenvalue weighted by Gasteiger charge is -2.37. The number of benzene rings is 1. The monoisotopic (exact) mass is 350 g/mol. The fourth-order valence-electron chi connectivity index (χ4n) is 4.06. The molecule has 1 aromatic carbocycles. The number of piperidine rings is 1. The van der Waals surface area contributed by atoms with Crippen LogP contribution in [-0.2, 0) is 14.8 Å². The van der Waals surface area contributed by atoms with E-state index in [4.69, 9.17) is 0 Å². The predicted octanol–water partition coefficient (Wildman–Crippen LogP) is 2.34. The van der Waals surface area contributed by atoms with E-state index in [0.29, 0.717) is 24.8 Å². The molecule has 3 unspecified atom stereocenters. The molecule has 2 heterocycles. The molecule has 0 radical (unpaired) electrons. The smallest absolute Gasteiger partial charge is 0.243 e. The average Bonchev–Trinajstić information content (AvgIpc) is 3.04. The maximum atomic E-state index is 13.0. The molecule has 0 aliphatic carbocycles. The number of rotatable bonds is 3. The lowest BCUT2D eigenvalue weighted by molar-refractivity contribution is -0.137. The summed E-state index contributed by atoms with van der Waals surface area (Å²) in [7, 11) is -3.61. The van der Waals surface area contributed by atoms with E-state index in [1.165, 1.54) is 4.31 Å². The number of sulfonamides is 1. The van der Waals surface area contributed by atoms with E-state index in [0.717, 1.165) is 25.9 Å². The van der Waals surface area contributed by atoms with E-state index in [9.17, 15) is 13.2 Å². The van der Waals surface area contributed by atoms with Crippen molar-refractivity contribution in [2.45, 2.75) is 44.0 Å². The Morgan fingerprint density at radius 1 is 1.08 bits per heavy atom. The van der Waals surface area contributed by atoms with Gasteiger partial charge in [-0.3, -0.25) is 4.79 Å². The molecule has 0 bridgehead atoms. The standard InChI is InChI=1S/C18H26N2O3S/c1-14-11-15(2)13-19(12-14)18(21)17-9-6-10-20(17)24(22,23)16-7-4-3-5-8-16/h3-5,7-8,14-15,17H,6,9-13H2,1-2H3. The Kier molecular flexibility index (Phi) is 4.97. The van der Waals surface area contributed by atoms with E-state index in [1.807, 2.05) is 4.90 Å². The molecule has 24 heavy (non-hydrogen) atoms. The van der Waals surface area contributed by atoms with Crippen LogP contribution in [0.15, 0.2) is 35.2 Å². The van der Waals surface area contributed by atoms with Crippen LogP contribution in [0, 0.1) is 11.8 Å². The second-order valence-corrected chi connectivity index (χ2v) is 9.17. The van der Waals surface area contributed by atoms with Gasteiger partial charge in [0.25, 0.3) is 0 Å². The fourth-order valence-corrected chi connectivity index (χ4v) is 5.73. The number of amides is 1. The van der Waals surface area contributed by atoms with Crippen LogP contribution >= 0.6 is 0 Å². The van der Waals surface area contributed by atoms with Crippen LogP contribution in [-0.4, -0.2) is 49.2 Å². The van der Waals surface area contributed by atoms with Crippen molar-refractivity contribution in [3.8, 4) is 0 Å². The minimum absolute atomic E-state index is 0.0228. The Labute approximate surface area is 144 Å². The minimum atomic E-state index is -3.61. The lowest BCUT2D eigenvalue weighted by Crippen LogP contribution is -2.51. The molecule has 0 aromatic heterocycles.